The van der Waals surface area contributed by atoms with Crippen LogP contribution in [-0.2, 0) is 16.0 Å². The first-order valence-electron chi connectivity index (χ1n) is 6.35. The van der Waals surface area contributed by atoms with Crippen molar-refractivity contribution in [2.24, 2.45) is 0 Å². The molecular weight excluding hydrogens is 270 g/mol. The van der Waals surface area contributed by atoms with Crippen LogP contribution in [0.15, 0.2) is 17.1 Å². The topological polar surface area (TPSA) is 56.6 Å². The van der Waals surface area contributed by atoms with E-state index in [-0.39, 0.29) is 5.56 Å². The van der Waals surface area contributed by atoms with Crippen molar-refractivity contribution >= 4 is 17.3 Å². The second-order valence-electron chi connectivity index (χ2n) is 4.18. The maximum Gasteiger partial charge on any atom is 0.268 e. The summed E-state index contributed by atoms with van der Waals surface area (Å²) in [5.41, 5.74) is 0.740. The molecule has 0 spiro atoms. The van der Waals surface area contributed by atoms with Gasteiger partial charge < -0.3 is 14.4 Å². The highest BCUT2D eigenvalue weighted by molar-refractivity contribution is 6.17. The molecule has 0 N–H and O–H groups in total. The number of hydrogen-bond acceptors (Lipinski definition) is 5. The first-order chi connectivity index (χ1) is 9.31. The van der Waals surface area contributed by atoms with Gasteiger partial charge in [0.25, 0.3) is 5.56 Å². The van der Waals surface area contributed by atoms with Crippen molar-refractivity contribution in [3.63, 3.8) is 0 Å². The summed E-state index contributed by atoms with van der Waals surface area (Å²) in [6, 6.07) is 1.61. The molecule has 0 saturated carbocycles. The van der Waals surface area contributed by atoms with Gasteiger partial charge in [-0.05, 0) is 0 Å². The summed E-state index contributed by atoms with van der Waals surface area (Å²) in [7, 11) is 0. The van der Waals surface area contributed by atoms with Gasteiger partial charge in [0.15, 0.2) is 0 Å². The molecule has 0 aromatic carbocycles. The Morgan fingerprint density at radius 2 is 2.16 bits per heavy atom. The number of halogens is 1. The molecule has 2 heterocycles. The van der Waals surface area contributed by atoms with Crippen LogP contribution < -0.4 is 10.5 Å². The third-order valence-electron chi connectivity index (χ3n) is 2.90. The van der Waals surface area contributed by atoms with E-state index >= 15 is 0 Å². The average molecular weight is 288 g/mol. The highest BCUT2D eigenvalue weighted by Gasteiger charge is 2.12. The van der Waals surface area contributed by atoms with Crippen LogP contribution in [0.2, 0.25) is 0 Å². The predicted octanol–water partition coefficient (Wildman–Crippen LogP) is 0.335. The number of aromatic nitrogens is 2. The van der Waals surface area contributed by atoms with E-state index in [0.717, 1.165) is 18.8 Å². The number of nitrogens with zero attached hydrogens (tertiary/aromatic N) is 3. The first-order valence-corrected chi connectivity index (χ1v) is 6.88. The Labute approximate surface area is 116 Å². The highest BCUT2D eigenvalue weighted by Crippen LogP contribution is 2.11. The van der Waals surface area contributed by atoms with Crippen LogP contribution in [0, 0.1) is 0 Å². The summed E-state index contributed by atoms with van der Waals surface area (Å²) >= 11 is 5.50. The van der Waals surface area contributed by atoms with Crippen molar-refractivity contribution in [2.75, 3.05) is 50.3 Å². The summed E-state index contributed by atoms with van der Waals surface area (Å²) in [6.07, 6.45) is 1.72. The van der Waals surface area contributed by atoms with Crippen molar-refractivity contribution in [1.29, 1.82) is 0 Å². The number of alkyl halides is 1. The van der Waals surface area contributed by atoms with E-state index in [2.05, 4.69) is 10.00 Å². The Bertz CT molecular complexity index is 446. The smallest absolute Gasteiger partial charge is 0.268 e. The van der Waals surface area contributed by atoms with E-state index in [4.69, 9.17) is 21.1 Å². The largest absolute Gasteiger partial charge is 0.378 e. The van der Waals surface area contributed by atoms with Crippen molar-refractivity contribution in [2.45, 2.75) is 6.54 Å². The fraction of sp³-hybridized carbons (Fsp3) is 0.667. The lowest BCUT2D eigenvalue weighted by Crippen LogP contribution is -2.37. The lowest BCUT2D eigenvalue weighted by atomic mass is 10.3. The van der Waals surface area contributed by atoms with Gasteiger partial charge in [-0.1, -0.05) is 0 Å². The molecule has 1 aromatic rings. The molecule has 7 heteroatoms. The standard InChI is InChI=1S/C12H18ClN3O3/c13-1-5-18-8-4-16-12(17)9-11(10-14-16)15-2-6-19-7-3-15/h9-10H,1-8H2. The van der Waals surface area contributed by atoms with Gasteiger partial charge in [0.05, 0.1) is 44.9 Å². The van der Waals surface area contributed by atoms with Gasteiger partial charge in [0.1, 0.15) is 0 Å². The molecular formula is C12H18ClN3O3. The molecule has 1 aliphatic heterocycles. The molecule has 106 valence electrons. The Morgan fingerprint density at radius 3 is 2.84 bits per heavy atom. The van der Waals surface area contributed by atoms with Crippen molar-refractivity contribution < 1.29 is 9.47 Å². The molecule has 6 nitrogen and oxygen atoms in total. The summed E-state index contributed by atoms with van der Waals surface area (Å²) in [6.45, 7) is 4.34. The highest BCUT2D eigenvalue weighted by atomic mass is 35.5. The number of ether oxygens (including phenoxy) is 2. The zero-order valence-electron chi connectivity index (χ0n) is 10.8. The van der Waals surface area contributed by atoms with E-state index in [0.29, 0.717) is 38.9 Å². The van der Waals surface area contributed by atoms with Gasteiger partial charge in [-0.25, -0.2) is 4.68 Å². The van der Waals surface area contributed by atoms with E-state index < -0.39 is 0 Å². The molecule has 0 amide bonds. The number of morpholine rings is 1. The SMILES string of the molecule is O=c1cc(N2CCOCC2)cnn1CCOCCCl. The molecule has 1 aromatic heterocycles. The second-order valence-corrected chi connectivity index (χ2v) is 4.55. The lowest BCUT2D eigenvalue weighted by Gasteiger charge is -2.28. The molecule has 1 aliphatic rings. The van der Waals surface area contributed by atoms with Crippen molar-refractivity contribution in [3.8, 4) is 0 Å². The zero-order valence-corrected chi connectivity index (χ0v) is 11.5. The lowest BCUT2D eigenvalue weighted by molar-refractivity contribution is 0.122. The Kier molecular flexibility index (Phi) is 5.62. The second kappa shape index (κ2) is 7.47. The molecule has 0 bridgehead atoms. The Balaban J connectivity index is 1.94. The van der Waals surface area contributed by atoms with Crippen LogP contribution in [0.4, 0.5) is 5.69 Å². The number of anilines is 1. The van der Waals surface area contributed by atoms with Crippen LogP contribution >= 0.6 is 11.6 Å². The zero-order chi connectivity index (χ0) is 13.5. The minimum atomic E-state index is -0.113. The molecule has 0 aliphatic carbocycles. The molecule has 2 rings (SSSR count). The predicted molar refractivity (Wildman–Crippen MR) is 73.1 cm³/mol. The molecule has 19 heavy (non-hydrogen) atoms. The fourth-order valence-electron chi connectivity index (χ4n) is 1.89. The number of rotatable bonds is 6. The van der Waals surface area contributed by atoms with E-state index in [1.165, 1.54) is 4.68 Å². The van der Waals surface area contributed by atoms with Crippen molar-refractivity contribution in [3.05, 3.63) is 22.6 Å². The van der Waals surface area contributed by atoms with Crippen LogP contribution in [0.1, 0.15) is 0 Å². The molecule has 0 unspecified atom stereocenters. The van der Waals surface area contributed by atoms with Gasteiger partial charge in [0.2, 0.25) is 0 Å². The monoisotopic (exact) mass is 287 g/mol. The minimum Gasteiger partial charge on any atom is -0.378 e. The quantitative estimate of drug-likeness (QED) is 0.558. The first kappa shape index (κ1) is 14.3. The fourth-order valence-corrected chi connectivity index (χ4v) is 2.00. The Hall–Kier alpha value is -1.11. The minimum absolute atomic E-state index is 0.113. The summed E-state index contributed by atoms with van der Waals surface area (Å²) in [4.78, 5) is 14.0. The molecule has 1 fully saturated rings. The molecule has 1 saturated heterocycles. The third kappa shape index (κ3) is 4.19. The maximum absolute atomic E-state index is 11.9. The summed E-state index contributed by atoms with van der Waals surface area (Å²) in [5, 5.41) is 4.16. The van der Waals surface area contributed by atoms with E-state index in [1.54, 1.807) is 12.3 Å². The third-order valence-corrected chi connectivity index (χ3v) is 3.05. The van der Waals surface area contributed by atoms with Crippen molar-refractivity contribution in [1.82, 2.24) is 9.78 Å². The molecule has 0 atom stereocenters. The van der Waals surface area contributed by atoms with Gasteiger partial charge in [0, 0.05) is 25.0 Å². The van der Waals surface area contributed by atoms with E-state index in [1.807, 2.05) is 0 Å². The van der Waals surface area contributed by atoms with Gasteiger partial charge in [-0.2, -0.15) is 5.10 Å². The van der Waals surface area contributed by atoms with E-state index in [9.17, 15) is 4.79 Å². The van der Waals surface area contributed by atoms with Crippen LogP contribution in [0.3, 0.4) is 0 Å². The van der Waals surface area contributed by atoms with Crippen LogP contribution in [0.5, 0.6) is 0 Å². The van der Waals surface area contributed by atoms with Crippen LogP contribution in [0.25, 0.3) is 0 Å². The summed E-state index contributed by atoms with van der Waals surface area (Å²) in [5.74, 6) is 0.457. The number of hydrogen-bond donors (Lipinski definition) is 0. The van der Waals surface area contributed by atoms with Gasteiger partial charge >= 0.3 is 0 Å². The maximum atomic E-state index is 11.9. The normalized spacial score (nSPS) is 15.7. The van der Waals surface area contributed by atoms with Gasteiger partial charge in [-0.15, -0.1) is 11.6 Å². The molecule has 0 radical (unpaired) electrons. The summed E-state index contributed by atoms with van der Waals surface area (Å²) < 4.78 is 11.9. The average Bonchev–Trinajstić information content (AvgIpc) is 2.46. The Morgan fingerprint density at radius 1 is 1.37 bits per heavy atom. The van der Waals surface area contributed by atoms with Crippen LogP contribution in [-0.4, -0.2) is 55.2 Å². The van der Waals surface area contributed by atoms with Gasteiger partial charge in [-0.3, -0.25) is 4.79 Å².